The smallest absolute Gasteiger partial charge is 0.155 e. The summed E-state index contributed by atoms with van der Waals surface area (Å²) in [6.45, 7) is 4.73. The molecule has 1 aromatic heterocycles. The Balaban J connectivity index is 2.02. The molecule has 15 heavy (non-hydrogen) atoms. The third-order valence-corrected chi connectivity index (χ3v) is 2.62. The molecule has 4 heteroatoms. The molecular weight excluding hydrogens is 190 g/mol. The number of aromatic nitrogens is 2. The molecule has 1 unspecified atom stereocenters. The Morgan fingerprint density at radius 2 is 2.27 bits per heavy atom. The zero-order chi connectivity index (χ0) is 10.5. The normalized spacial score (nSPS) is 21.3. The van der Waals surface area contributed by atoms with Gasteiger partial charge in [-0.3, -0.25) is 0 Å². The van der Waals surface area contributed by atoms with Crippen LogP contribution >= 0.6 is 0 Å². The van der Waals surface area contributed by atoms with E-state index in [1.165, 1.54) is 12.8 Å². The quantitative estimate of drug-likeness (QED) is 0.812. The van der Waals surface area contributed by atoms with Crippen LogP contribution in [-0.2, 0) is 0 Å². The monoisotopic (exact) mass is 207 g/mol. The highest BCUT2D eigenvalue weighted by atomic mass is 16.5. The minimum absolute atomic E-state index is 0.467. The van der Waals surface area contributed by atoms with Crippen molar-refractivity contribution in [2.24, 2.45) is 0 Å². The topological polar surface area (TPSA) is 47.0 Å². The summed E-state index contributed by atoms with van der Waals surface area (Å²) in [6, 6.07) is 0. The lowest BCUT2D eigenvalue weighted by Crippen LogP contribution is -2.29. The first-order valence-corrected chi connectivity index (χ1v) is 5.55. The average molecular weight is 207 g/mol. The van der Waals surface area contributed by atoms with Gasteiger partial charge in [-0.05, 0) is 26.3 Å². The summed E-state index contributed by atoms with van der Waals surface area (Å²) in [5.74, 6) is 2.16. The van der Waals surface area contributed by atoms with Crippen molar-refractivity contribution in [3.8, 4) is 5.75 Å². The second kappa shape index (κ2) is 5.07. The second-order valence-electron chi connectivity index (χ2n) is 3.75. The molecule has 0 saturated carbocycles. The van der Waals surface area contributed by atoms with Gasteiger partial charge in [0.1, 0.15) is 5.82 Å². The van der Waals surface area contributed by atoms with Gasteiger partial charge in [-0.25, -0.2) is 9.97 Å². The number of hydrogen-bond acceptors (Lipinski definition) is 4. The van der Waals surface area contributed by atoms with Crippen molar-refractivity contribution in [2.75, 3.05) is 19.7 Å². The van der Waals surface area contributed by atoms with Gasteiger partial charge < -0.3 is 10.1 Å². The van der Waals surface area contributed by atoms with E-state index in [1.807, 2.05) is 6.92 Å². The van der Waals surface area contributed by atoms with Crippen LogP contribution in [0.1, 0.15) is 31.5 Å². The lowest BCUT2D eigenvalue weighted by Gasteiger charge is -2.21. The fraction of sp³-hybridized carbons (Fsp3) is 0.636. The van der Waals surface area contributed by atoms with Gasteiger partial charge >= 0.3 is 0 Å². The molecule has 0 bridgehead atoms. The molecule has 1 fully saturated rings. The fourth-order valence-electron chi connectivity index (χ4n) is 1.85. The number of rotatable bonds is 3. The number of nitrogens with one attached hydrogen (secondary N) is 1. The van der Waals surface area contributed by atoms with Gasteiger partial charge in [-0.2, -0.15) is 0 Å². The van der Waals surface area contributed by atoms with Crippen molar-refractivity contribution in [2.45, 2.75) is 25.7 Å². The van der Waals surface area contributed by atoms with Gasteiger partial charge in [0.05, 0.1) is 19.0 Å². The van der Waals surface area contributed by atoms with Gasteiger partial charge in [0.2, 0.25) is 0 Å². The Bertz CT molecular complexity index is 293. The number of nitrogens with zero attached hydrogens (tertiary/aromatic N) is 2. The SMILES string of the molecule is CCOc1cnc(C2CCCNC2)nc1. The van der Waals surface area contributed by atoms with E-state index in [2.05, 4.69) is 15.3 Å². The van der Waals surface area contributed by atoms with Gasteiger partial charge in [0, 0.05) is 12.5 Å². The van der Waals surface area contributed by atoms with Crippen molar-refractivity contribution >= 4 is 0 Å². The molecule has 2 rings (SSSR count). The number of hydrogen-bond donors (Lipinski definition) is 1. The molecule has 1 aliphatic heterocycles. The first-order valence-electron chi connectivity index (χ1n) is 5.55. The molecule has 82 valence electrons. The summed E-state index contributed by atoms with van der Waals surface area (Å²) in [6.07, 6.45) is 5.92. The van der Waals surface area contributed by atoms with E-state index in [4.69, 9.17) is 4.74 Å². The summed E-state index contributed by atoms with van der Waals surface area (Å²) in [4.78, 5) is 8.69. The van der Waals surface area contributed by atoms with Crippen LogP contribution in [0, 0.1) is 0 Å². The van der Waals surface area contributed by atoms with Crippen LogP contribution in [0.4, 0.5) is 0 Å². The van der Waals surface area contributed by atoms with Crippen LogP contribution in [-0.4, -0.2) is 29.7 Å². The molecule has 1 aliphatic rings. The Labute approximate surface area is 90.1 Å². The van der Waals surface area contributed by atoms with E-state index in [9.17, 15) is 0 Å². The highest BCUT2D eigenvalue weighted by Crippen LogP contribution is 2.20. The first kappa shape index (κ1) is 10.4. The Hall–Kier alpha value is -1.16. The molecule has 4 nitrogen and oxygen atoms in total. The van der Waals surface area contributed by atoms with E-state index in [1.54, 1.807) is 12.4 Å². The van der Waals surface area contributed by atoms with E-state index in [0.29, 0.717) is 12.5 Å². The Morgan fingerprint density at radius 3 is 2.87 bits per heavy atom. The molecule has 0 amide bonds. The maximum Gasteiger partial charge on any atom is 0.155 e. The fourth-order valence-corrected chi connectivity index (χ4v) is 1.85. The highest BCUT2D eigenvalue weighted by Gasteiger charge is 2.17. The zero-order valence-corrected chi connectivity index (χ0v) is 9.07. The highest BCUT2D eigenvalue weighted by molar-refractivity contribution is 5.14. The van der Waals surface area contributed by atoms with Gasteiger partial charge in [-0.1, -0.05) is 0 Å². The molecule has 0 radical (unpaired) electrons. The molecule has 1 atom stereocenters. The Kier molecular flexibility index (Phi) is 3.50. The van der Waals surface area contributed by atoms with Crippen molar-refractivity contribution in [3.63, 3.8) is 0 Å². The van der Waals surface area contributed by atoms with Crippen LogP contribution in [0.5, 0.6) is 5.75 Å². The molecule has 0 aromatic carbocycles. The predicted molar refractivity (Wildman–Crippen MR) is 58.0 cm³/mol. The lowest BCUT2D eigenvalue weighted by molar-refractivity contribution is 0.336. The van der Waals surface area contributed by atoms with Crippen molar-refractivity contribution in [3.05, 3.63) is 18.2 Å². The second-order valence-corrected chi connectivity index (χ2v) is 3.75. The molecule has 1 aromatic rings. The largest absolute Gasteiger partial charge is 0.491 e. The Morgan fingerprint density at radius 1 is 1.47 bits per heavy atom. The third kappa shape index (κ3) is 2.65. The summed E-state index contributed by atoms with van der Waals surface area (Å²) >= 11 is 0. The van der Waals surface area contributed by atoms with E-state index < -0.39 is 0 Å². The van der Waals surface area contributed by atoms with E-state index in [0.717, 1.165) is 24.7 Å². The molecule has 0 spiro atoms. The number of piperidine rings is 1. The van der Waals surface area contributed by atoms with E-state index in [-0.39, 0.29) is 0 Å². The van der Waals surface area contributed by atoms with Gasteiger partial charge in [-0.15, -0.1) is 0 Å². The molecular formula is C11H17N3O. The van der Waals surface area contributed by atoms with Crippen molar-refractivity contribution < 1.29 is 4.74 Å². The van der Waals surface area contributed by atoms with E-state index >= 15 is 0 Å². The summed E-state index contributed by atoms with van der Waals surface area (Å²) in [5.41, 5.74) is 0. The number of ether oxygens (including phenoxy) is 1. The third-order valence-electron chi connectivity index (χ3n) is 2.62. The van der Waals surface area contributed by atoms with Crippen LogP contribution in [0.3, 0.4) is 0 Å². The predicted octanol–water partition coefficient (Wildman–Crippen LogP) is 1.34. The van der Waals surface area contributed by atoms with Crippen LogP contribution in [0.25, 0.3) is 0 Å². The minimum atomic E-state index is 0.467. The first-order chi connectivity index (χ1) is 7.40. The van der Waals surface area contributed by atoms with Crippen molar-refractivity contribution in [1.82, 2.24) is 15.3 Å². The standard InChI is InChI=1S/C11H17N3O/c1-2-15-10-7-13-11(14-8-10)9-4-3-5-12-6-9/h7-9,12H,2-6H2,1H3. The van der Waals surface area contributed by atoms with Gasteiger partial charge in [0.25, 0.3) is 0 Å². The van der Waals surface area contributed by atoms with Crippen LogP contribution in [0.15, 0.2) is 12.4 Å². The molecule has 1 N–H and O–H groups in total. The van der Waals surface area contributed by atoms with Crippen LogP contribution in [0.2, 0.25) is 0 Å². The van der Waals surface area contributed by atoms with Crippen molar-refractivity contribution in [1.29, 1.82) is 0 Å². The summed E-state index contributed by atoms with van der Waals surface area (Å²) in [7, 11) is 0. The zero-order valence-electron chi connectivity index (χ0n) is 9.07. The minimum Gasteiger partial charge on any atom is -0.491 e. The summed E-state index contributed by atoms with van der Waals surface area (Å²) < 4.78 is 5.31. The van der Waals surface area contributed by atoms with Crippen LogP contribution < -0.4 is 10.1 Å². The molecule has 1 saturated heterocycles. The maximum absolute atomic E-state index is 5.31. The van der Waals surface area contributed by atoms with Gasteiger partial charge in [0.15, 0.2) is 5.75 Å². The average Bonchev–Trinajstić information content (AvgIpc) is 2.32. The molecule has 0 aliphatic carbocycles. The summed E-state index contributed by atoms with van der Waals surface area (Å²) in [5, 5.41) is 3.36. The molecule has 2 heterocycles. The maximum atomic E-state index is 5.31. The lowest BCUT2D eigenvalue weighted by atomic mass is 9.99.